The van der Waals surface area contributed by atoms with Gasteiger partial charge in [-0.25, -0.2) is 10.9 Å². The van der Waals surface area contributed by atoms with Crippen molar-refractivity contribution < 1.29 is 9.59 Å². The van der Waals surface area contributed by atoms with E-state index in [-0.39, 0.29) is 0 Å². The minimum absolute atomic E-state index is 0.865. The summed E-state index contributed by atoms with van der Waals surface area (Å²) in [5, 5.41) is 7.61. The van der Waals surface area contributed by atoms with Gasteiger partial charge in [0.05, 0.1) is 12.4 Å². The number of benzene rings is 2. The van der Waals surface area contributed by atoms with Crippen LogP contribution in [0.5, 0.6) is 0 Å². The second-order valence-corrected chi connectivity index (χ2v) is 6.12. The van der Waals surface area contributed by atoms with E-state index in [0.717, 1.165) is 33.4 Å². The molecule has 0 saturated carbocycles. The number of amides is 2. The number of carbonyl (C=O) groups is 2. The van der Waals surface area contributed by atoms with Crippen molar-refractivity contribution in [1.29, 1.82) is 0 Å². The molecule has 6 heteroatoms. The molecule has 0 atom stereocenters. The molecular formula is C20H22N4O2. The fourth-order valence-electron chi connectivity index (χ4n) is 2.36. The quantitative estimate of drug-likeness (QED) is 0.505. The van der Waals surface area contributed by atoms with Gasteiger partial charge >= 0.3 is 11.8 Å². The van der Waals surface area contributed by atoms with Gasteiger partial charge in [-0.15, -0.1) is 0 Å². The normalized spacial score (nSPS) is 11.1. The number of hydrogen-bond acceptors (Lipinski definition) is 4. The molecule has 0 unspecified atom stereocenters. The minimum atomic E-state index is -0.885. The summed E-state index contributed by atoms with van der Waals surface area (Å²) in [6, 6.07) is 11.7. The highest BCUT2D eigenvalue weighted by Crippen LogP contribution is 2.08. The molecule has 0 spiro atoms. The monoisotopic (exact) mass is 350 g/mol. The molecule has 2 aromatic carbocycles. The first-order valence-electron chi connectivity index (χ1n) is 8.18. The lowest BCUT2D eigenvalue weighted by Crippen LogP contribution is -2.35. The number of hydrogen-bond donors (Lipinski definition) is 2. The predicted molar refractivity (Wildman–Crippen MR) is 103 cm³/mol. The Morgan fingerprint density at radius 3 is 1.46 bits per heavy atom. The van der Waals surface area contributed by atoms with Crippen LogP contribution in [-0.2, 0) is 9.59 Å². The van der Waals surface area contributed by atoms with Crippen molar-refractivity contribution in [2.45, 2.75) is 27.7 Å². The van der Waals surface area contributed by atoms with E-state index in [1.54, 1.807) is 0 Å². The third-order valence-corrected chi connectivity index (χ3v) is 3.80. The van der Waals surface area contributed by atoms with Crippen molar-refractivity contribution in [3.8, 4) is 0 Å². The van der Waals surface area contributed by atoms with E-state index in [9.17, 15) is 9.59 Å². The molecule has 2 rings (SSSR count). The van der Waals surface area contributed by atoms with E-state index in [1.165, 1.54) is 12.4 Å². The first-order valence-corrected chi connectivity index (χ1v) is 8.18. The Bertz CT molecular complexity index is 812. The van der Waals surface area contributed by atoms with Crippen molar-refractivity contribution in [2.75, 3.05) is 0 Å². The Morgan fingerprint density at radius 1 is 0.731 bits per heavy atom. The second kappa shape index (κ2) is 8.71. The average molecular weight is 350 g/mol. The lowest BCUT2D eigenvalue weighted by Gasteiger charge is -2.02. The van der Waals surface area contributed by atoms with Gasteiger partial charge in [-0.2, -0.15) is 10.2 Å². The van der Waals surface area contributed by atoms with Gasteiger partial charge in [0, 0.05) is 0 Å². The molecule has 0 radical (unpaired) electrons. The van der Waals surface area contributed by atoms with Gasteiger partial charge in [-0.05, 0) is 49.9 Å². The van der Waals surface area contributed by atoms with Gasteiger partial charge in [0.1, 0.15) is 0 Å². The van der Waals surface area contributed by atoms with Gasteiger partial charge in [0.2, 0.25) is 0 Å². The highest BCUT2D eigenvalue weighted by molar-refractivity contribution is 6.35. The van der Waals surface area contributed by atoms with Crippen LogP contribution in [0.15, 0.2) is 46.6 Å². The lowest BCUT2D eigenvalue weighted by molar-refractivity contribution is -0.139. The van der Waals surface area contributed by atoms with Crippen LogP contribution in [-0.4, -0.2) is 24.2 Å². The summed E-state index contributed by atoms with van der Waals surface area (Å²) < 4.78 is 0. The van der Waals surface area contributed by atoms with Crippen LogP contribution in [0, 0.1) is 27.7 Å². The summed E-state index contributed by atoms with van der Waals surface area (Å²) in [5.74, 6) is -1.77. The molecule has 0 aromatic heterocycles. The summed E-state index contributed by atoms with van der Waals surface area (Å²) in [7, 11) is 0. The summed E-state index contributed by atoms with van der Waals surface area (Å²) in [6.45, 7) is 7.90. The number of rotatable bonds is 4. The third kappa shape index (κ3) is 5.37. The Morgan fingerprint density at radius 2 is 1.12 bits per heavy atom. The summed E-state index contributed by atoms with van der Waals surface area (Å²) >= 11 is 0. The van der Waals surface area contributed by atoms with Gasteiger partial charge in [-0.1, -0.05) is 47.5 Å². The van der Waals surface area contributed by atoms with Crippen molar-refractivity contribution in [2.24, 2.45) is 10.2 Å². The van der Waals surface area contributed by atoms with E-state index in [4.69, 9.17) is 0 Å². The maximum absolute atomic E-state index is 11.7. The Hall–Kier alpha value is -3.28. The zero-order valence-electron chi connectivity index (χ0n) is 15.3. The summed E-state index contributed by atoms with van der Waals surface area (Å²) in [5.41, 5.74) is 10.5. The number of nitrogens with zero attached hydrogens (tertiary/aromatic N) is 2. The van der Waals surface area contributed by atoms with E-state index in [1.807, 2.05) is 64.1 Å². The number of carbonyl (C=O) groups excluding carboxylic acids is 2. The molecule has 2 aromatic rings. The van der Waals surface area contributed by atoms with Crippen LogP contribution in [0.3, 0.4) is 0 Å². The van der Waals surface area contributed by atoms with E-state index in [0.29, 0.717) is 0 Å². The van der Waals surface area contributed by atoms with Crippen LogP contribution >= 0.6 is 0 Å². The van der Waals surface area contributed by atoms with E-state index >= 15 is 0 Å². The molecule has 2 N–H and O–H groups in total. The van der Waals surface area contributed by atoms with Crippen LogP contribution in [0.25, 0.3) is 0 Å². The van der Waals surface area contributed by atoms with Crippen molar-refractivity contribution in [1.82, 2.24) is 10.9 Å². The zero-order chi connectivity index (χ0) is 19.1. The summed E-state index contributed by atoms with van der Waals surface area (Å²) in [4.78, 5) is 23.4. The molecule has 0 saturated heterocycles. The lowest BCUT2D eigenvalue weighted by atomic mass is 10.1. The molecule has 134 valence electrons. The Kier molecular flexibility index (Phi) is 6.38. The van der Waals surface area contributed by atoms with Crippen molar-refractivity contribution in [3.63, 3.8) is 0 Å². The predicted octanol–water partition coefficient (Wildman–Crippen LogP) is 2.52. The fourth-order valence-corrected chi connectivity index (χ4v) is 2.36. The smallest absolute Gasteiger partial charge is 0.262 e. The molecule has 6 nitrogen and oxygen atoms in total. The highest BCUT2D eigenvalue weighted by Gasteiger charge is 2.11. The van der Waals surface area contributed by atoms with Gasteiger partial charge < -0.3 is 0 Å². The standard InChI is InChI=1S/C20H22N4O2/c1-13-5-7-17(15(3)9-13)11-21-23-19(25)20(26)24-22-12-18-8-6-14(2)10-16(18)4/h5-12H,1-4H3,(H,23,25)(H,24,26)/b21-11-,22-12-. The van der Waals surface area contributed by atoms with Crippen molar-refractivity contribution >= 4 is 24.2 Å². The van der Waals surface area contributed by atoms with Gasteiger partial charge in [0.25, 0.3) is 0 Å². The maximum atomic E-state index is 11.7. The molecule has 0 fully saturated rings. The van der Waals surface area contributed by atoms with Crippen LogP contribution in [0.2, 0.25) is 0 Å². The SMILES string of the molecule is Cc1ccc(/C=N\NC(=O)C(=O)N/N=C\c2ccc(C)cc2C)c(C)c1. The molecule has 0 aliphatic rings. The molecule has 26 heavy (non-hydrogen) atoms. The third-order valence-electron chi connectivity index (χ3n) is 3.80. The second-order valence-electron chi connectivity index (χ2n) is 6.12. The summed E-state index contributed by atoms with van der Waals surface area (Å²) in [6.07, 6.45) is 3.00. The first kappa shape index (κ1) is 19.1. The topological polar surface area (TPSA) is 82.9 Å². The van der Waals surface area contributed by atoms with Crippen molar-refractivity contribution in [3.05, 3.63) is 69.8 Å². The maximum Gasteiger partial charge on any atom is 0.331 e. The first-order chi connectivity index (χ1) is 12.4. The Balaban J connectivity index is 1.88. The number of aryl methyl sites for hydroxylation is 4. The number of hydrazone groups is 2. The molecule has 2 amide bonds. The fraction of sp³-hybridized carbons (Fsp3) is 0.200. The van der Waals surface area contributed by atoms with E-state index in [2.05, 4.69) is 21.1 Å². The van der Waals surface area contributed by atoms with Crippen LogP contribution in [0.1, 0.15) is 33.4 Å². The molecule has 0 aliphatic carbocycles. The number of nitrogens with one attached hydrogen (secondary N) is 2. The zero-order valence-corrected chi connectivity index (χ0v) is 15.3. The van der Waals surface area contributed by atoms with Crippen LogP contribution < -0.4 is 10.9 Å². The molecule has 0 heterocycles. The molecule has 0 bridgehead atoms. The largest absolute Gasteiger partial charge is 0.331 e. The van der Waals surface area contributed by atoms with E-state index < -0.39 is 11.8 Å². The van der Waals surface area contributed by atoms with Gasteiger partial charge in [-0.3, -0.25) is 9.59 Å². The molecular weight excluding hydrogens is 328 g/mol. The molecule has 0 aliphatic heterocycles. The Labute approximate surface area is 153 Å². The van der Waals surface area contributed by atoms with Gasteiger partial charge in [0.15, 0.2) is 0 Å². The average Bonchev–Trinajstić information content (AvgIpc) is 2.58. The van der Waals surface area contributed by atoms with Crippen LogP contribution in [0.4, 0.5) is 0 Å². The minimum Gasteiger partial charge on any atom is -0.262 e. The highest BCUT2D eigenvalue weighted by atomic mass is 16.2.